The summed E-state index contributed by atoms with van der Waals surface area (Å²) in [6.45, 7) is 2.12. The summed E-state index contributed by atoms with van der Waals surface area (Å²) in [5.74, 6) is -1.88. The summed E-state index contributed by atoms with van der Waals surface area (Å²) in [5, 5.41) is 11.9. The van der Waals surface area contributed by atoms with Crippen molar-refractivity contribution in [1.82, 2.24) is 10.8 Å². The van der Waals surface area contributed by atoms with Gasteiger partial charge in [-0.25, -0.2) is 15.1 Å². The Morgan fingerprint density at radius 3 is 2.21 bits per heavy atom. The minimum Gasteiger partial charge on any atom is -0.479 e. The SMILES string of the molecule is CCCCC(NC(=O)OCC1c2ccccc2-c2ccccc21)C(=O)NOC(C(=O)O)C1CC1. The topological polar surface area (TPSA) is 114 Å². The molecule has 0 aromatic heterocycles. The van der Waals surface area contributed by atoms with E-state index in [-0.39, 0.29) is 18.4 Å². The molecule has 3 N–H and O–H groups in total. The van der Waals surface area contributed by atoms with E-state index in [1.54, 1.807) is 0 Å². The molecular weight excluding hydrogens is 436 g/mol. The van der Waals surface area contributed by atoms with Crippen molar-refractivity contribution >= 4 is 18.0 Å². The van der Waals surface area contributed by atoms with Gasteiger partial charge >= 0.3 is 12.1 Å². The van der Waals surface area contributed by atoms with Gasteiger partial charge in [-0.2, -0.15) is 0 Å². The van der Waals surface area contributed by atoms with Crippen LogP contribution < -0.4 is 10.8 Å². The molecule has 8 nitrogen and oxygen atoms in total. The molecular formula is C26H30N2O6. The third-order valence-electron chi connectivity index (χ3n) is 6.38. The van der Waals surface area contributed by atoms with E-state index in [1.165, 1.54) is 0 Å². The number of aliphatic carboxylic acids is 1. The highest BCUT2D eigenvalue weighted by molar-refractivity contribution is 5.85. The Balaban J connectivity index is 1.36. The number of hydroxylamine groups is 1. The Hall–Kier alpha value is -3.39. The fourth-order valence-electron chi connectivity index (χ4n) is 4.40. The highest BCUT2D eigenvalue weighted by Crippen LogP contribution is 2.44. The Labute approximate surface area is 198 Å². The average Bonchev–Trinajstić information content (AvgIpc) is 3.62. The van der Waals surface area contributed by atoms with Crippen LogP contribution in [0.1, 0.15) is 56.1 Å². The monoisotopic (exact) mass is 466 g/mol. The van der Waals surface area contributed by atoms with E-state index in [0.29, 0.717) is 12.8 Å². The highest BCUT2D eigenvalue weighted by Gasteiger charge is 2.38. The number of fused-ring (bicyclic) bond motifs is 3. The number of ether oxygens (including phenoxy) is 1. The van der Waals surface area contributed by atoms with Crippen molar-refractivity contribution in [2.45, 2.75) is 57.1 Å². The number of hydrogen-bond acceptors (Lipinski definition) is 5. The minimum absolute atomic E-state index is 0.0840. The molecule has 1 saturated carbocycles. The summed E-state index contributed by atoms with van der Waals surface area (Å²) in [7, 11) is 0. The molecule has 0 saturated heterocycles. The zero-order valence-corrected chi connectivity index (χ0v) is 19.2. The second-order valence-electron chi connectivity index (χ2n) is 8.85. The molecule has 0 bridgehead atoms. The van der Waals surface area contributed by atoms with Gasteiger partial charge in [-0.05, 0) is 47.4 Å². The van der Waals surface area contributed by atoms with Crippen molar-refractivity contribution in [1.29, 1.82) is 0 Å². The Morgan fingerprint density at radius 2 is 1.65 bits per heavy atom. The molecule has 2 atom stereocenters. The normalized spacial score (nSPS) is 16.1. The molecule has 2 amide bonds. The van der Waals surface area contributed by atoms with Crippen LogP contribution in [0, 0.1) is 5.92 Å². The fourth-order valence-corrected chi connectivity index (χ4v) is 4.40. The maximum Gasteiger partial charge on any atom is 0.407 e. The summed E-state index contributed by atoms with van der Waals surface area (Å²) >= 11 is 0. The van der Waals surface area contributed by atoms with Gasteiger partial charge in [0.25, 0.3) is 5.91 Å². The second kappa shape index (κ2) is 10.7. The molecule has 2 aromatic carbocycles. The van der Waals surface area contributed by atoms with Crippen molar-refractivity contribution in [3.05, 3.63) is 59.7 Å². The van der Waals surface area contributed by atoms with Crippen molar-refractivity contribution in [3.63, 3.8) is 0 Å². The van der Waals surface area contributed by atoms with E-state index < -0.39 is 30.1 Å². The number of alkyl carbamates (subject to hydrolysis) is 1. The summed E-state index contributed by atoms with van der Waals surface area (Å²) in [6.07, 6.45) is 1.65. The molecule has 34 heavy (non-hydrogen) atoms. The van der Waals surface area contributed by atoms with Crippen LogP contribution in [0.15, 0.2) is 48.5 Å². The molecule has 2 aromatic rings. The van der Waals surface area contributed by atoms with Gasteiger partial charge in [0.1, 0.15) is 12.6 Å². The van der Waals surface area contributed by atoms with E-state index in [0.717, 1.165) is 41.5 Å². The number of benzene rings is 2. The first-order valence-electron chi connectivity index (χ1n) is 11.8. The first-order chi connectivity index (χ1) is 16.5. The van der Waals surface area contributed by atoms with E-state index in [2.05, 4.69) is 22.9 Å². The number of carboxylic acid groups (broad SMARTS) is 1. The molecule has 4 rings (SSSR count). The van der Waals surface area contributed by atoms with Crippen LogP contribution in [0.25, 0.3) is 11.1 Å². The van der Waals surface area contributed by atoms with Crippen LogP contribution in [0.3, 0.4) is 0 Å². The molecule has 0 heterocycles. The van der Waals surface area contributed by atoms with Crippen LogP contribution >= 0.6 is 0 Å². The van der Waals surface area contributed by atoms with Gasteiger partial charge < -0.3 is 15.2 Å². The van der Waals surface area contributed by atoms with Crippen molar-refractivity contribution in [2.75, 3.05) is 6.61 Å². The molecule has 2 aliphatic carbocycles. The highest BCUT2D eigenvalue weighted by atomic mass is 16.7. The number of hydrogen-bond donors (Lipinski definition) is 3. The predicted molar refractivity (Wildman–Crippen MR) is 125 cm³/mol. The van der Waals surface area contributed by atoms with Gasteiger partial charge in [-0.3, -0.25) is 9.63 Å². The lowest BCUT2D eigenvalue weighted by atomic mass is 9.98. The van der Waals surface area contributed by atoms with E-state index in [4.69, 9.17) is 9.57 Å². The van der Waals surface area contributed by atoms with Gasteiger partial charge in [-0.15, -0.1) is 0 Å². The van der Waals surface area contributed by atoms with Crippen LogP contribution in [-0.4, -0.2) is 41.8 Å². The number of carboxylic acids is 1. The summed E-state index contributed by atoms with van der Waals surface area (Å²) < 4.78 is 5.55. The van der Waals surface area contributed by atoms with Gasteiger partial charge in [0.05, 0.1) is 0 Å². The number of carbonyl (C=O) groups excluding carboxylic acids is 2. The van der Waals surface area contributed by atoms with Crippen LogP contribution in [0.4, 0.5) is 4.79 Å². The lowest BCUT2D eigenvalue weighted by molar-refractivity contribution is -0.163. The predicted octanol–water partition coefficient (Wildman–Crippen LogP) is 3.99. The van der Waals surface area contributed by atoms with Gasteiger partial charge in [0, 0.05) is 5.92 Å². The van der Waals surface area contributed by atoms with Gasteiger partial charge in [-0.1, -0.05) is 68.3 Å². The van der Waals surface area contributed by atoms with E-state index in [1.807, 2.05) is 43.3 Å². The largest absolute Gasteiger partial charge is 0.479 e. The molecule has 8 heteroatoms. The Kier molecular flexibility index (Phi) is 7.47. The Bertz CT molecular complexity index is 1010. The molecule has 2 aliphatic rings. The van der Waals surface area contributed by atoms with E-state index in [9.17, 15) is 19.5 Å². The number of carbonyl (C=O) groups is 3. The second-order valence-corrected chi connectivity index (χ2v) is 8.85. The lowest BCUT2D eigenvalue weighted by Crippen LogP contribution is -2.48. The summed E-state index contributed by atoms with van der Waals surface area (Å²) in [4.78, 5) is 41.8. The third-order valence-corrected chi connectivity index (χ3v) is 6.38. The molecule has 1 fully saturated rings. The lowest BCUT2D eigenvalue weighted by Gasteiger charge is -2.20. The Morgan fingerprint density at radius 1 is 1.03 bits per heavy atom. The number of rotatable bonds is 11. The van der Waals surface area contributed by atoms with Crippen LogP contribution in [-0.2, 0) is 19.2 Å². The summed E-state index contributed by atoms with van der Waals surface area (Å²) in [6, 6.07) is 15.2. The smallest absolute Gasteiger partial charge is 0.407 e. The standard InChI is InChI=1S/C26H30N2O6/c1-2-3-12-22(24(29)28-34-23(25(30)31)16-13-14-16)27-26(32)33-15-21-19-10-6-4-8-17(19)18-9-5-7-11-20(18)21/h4-11,16,21-23H,2-3,12-15H2,1H3,(H,27,32)(H,28,29)(H,30,31). The van der Waals surface area contributed by atoms with E-state index >= 15 is 0 Å². The number of unbranched alkanes of at least 4 members (excludes halogenated alkanes) is 1. The minimum atomic E-state index is -1.11. The first-order valence-corrected chi connectivity index (χ1v) is 11.8. The number of nitrogens with one attached hydrogen (secondary N) is 2. The van der Waals surface area contributed by atoms with Crippen molar-refractivity contribution in [2.24, 2.45) is 5.92 Å². The van der Waals surface area contributed by atoms with Crippen molar-refractivity contribution in [3.8, 4) is 11.1 Å². The maximum absolute atomic E-state index is 12.6. The zero-order chi connectivity index (χ0) is 24.1. The molecule has 2 unspecified atom stereocenters. The quantitative estimate of drug-likeness (QED) is 0.432. The molecule has 180 valence electrons. The zero-order valence-electron chi connectivity index (χ0n) is 19.2. The van der Waals surface area contributed by atoms with Crippen molar-refractivity contribution < 1.29 is 29.1 Å². The van der Waals surface area contributed by atoms with Crippen LogP contribution in [0.5, 0.6) is 0 Å². The maximum atomic E-state index is 12.6. The van der Waals surface area contributed by atoms with Gasteiger partial charge in [0.15, 0.2) is 6.10 Å². The summed E-state index contributed by atoms with van der Waals surface area (Å²) in [5.41, 5.74) is 6.70. The third kappa shape index (κ3) is 5.39. The average molecular weight is 467 g/mol. The van der Waals surface area contributed by atoms with Crippen LogP contribution in [0.2, 0.25) is 0 Å². The molecule has 0 aliphatic heterocycles. The fraction of sp³-hybridized carbons (Fsp3) is 0.423. The number of amides is 2. The van der Waals surface area contributed by atoms with Gasteiger partial charge in [0.2, 0.25) is 0 Å². The molecule has 0 radical (unpaired) electrons. The first kappa shape index (κ1) is 23.8. The molecule has 0 spiro atoms.